The van der Waals surface area contributed by atoms with E-state index in [0.717, 1.165) is 35.4 Å². The monoisotopic (exact) mass is 303 g/mol. The first-order valence-electron chi connectivity index (χ1n) is 7.15. The Balaban J connectivity index is 1.90. The number of hydrogen-bond donors (Lipinski definition) is 0. The van der Waals surface area contributed by atoms with Crippen molar-refractivity contribution in [2.45, 2.75) is 39.5 Å². The lowest BCUT2D eigenvalue weighted by Crippen LogP contribution is -2.08. The van der Waals surface area contributed by atoms with Crippen molar-refractivity contribution in [1.29, 1.82) is 0 Å². The number of Topliss-reactive ketones (excluding diaryl/α,β-unsaturated/α-hetero) is 1. The molecule has 112 valence electrons. The van der Waals surface area contributed by atoms with Gasteiger partial charge in [-0.2, -0.15) is 0 Å². The van der Waals surface area contributed by atoms with Crippen LogP contribution < -0.4 is 4.74 Å². The van der Waals surface area contributed by atoms with Gasteiger partial charge in [0.05, 0.1) is 12.8 Å². The summed E-state index contributed by atoms with van der Waals surface area (Å²) >= 11 is 1.75. The molecule has 0 N–H and O–H groups in total. The molecule has 0 saturated carbocycles. The van der Waals surface area contributed by atoms with Crippen molar-refractivity contribution in [2.24, 2.45) is 0 Å². The van der Waals surface area contributed by atoms with E-state index in [-0.39, 0.29) is 5.78 Å². The fourth-order valence-electron chi connectivity index (χ4n) is 2.44. The standard InChI is InChI=1S/C17H21NO2S/c1-12-11-18-16(13(2)17(12)20-3)10-14(19)6-4-7-15-8-5-9-21-15/h5,8-9,11H,4,6-7,10H2,1-3H3. The number of rotatable bonds is 7. The molecule has 0 saturated heterocycles. The van der Waals surface area contributed by atoms with Gasteiger partial charge in [-0.25, -0.2) is 0 Å². The van der Waals surface area contributed by atoms with E-state index in [1.54, 1.807) is 24.6 Å². The van der Waals surface area contributed by atoms with Crippen LogP contribution in [0.25, 0.3) is 0 Å². The van der Waals surface area contributed by atoms with Gasteiger partial charge in [-0.05, 0) is 38.1 Å². The van der Waals surface area contributed by atoms with Crippen LogP contribution in [-0.2, 0) is 17.6 Å². The molecule has 0 aliphatic heterocycles. The van der Waals surface area contributed by atoms with E-state index in [2.05, 4.69) is 16.4 Å². The zero-order chi connectivity index (χ0) is 15.2. The Morgan fingerprint density at radius 1 is 1.38 bits per heavy atom. The minimum absolute atomic E-state index is 0.244. The topological polar surface area (TPSA) is 39.2 Å². The number of thiophene rings is 1. The van der Waals surface area contributed by atoms with E-state index in [0.29, 0.717) is 12.8 Å². The Morgan fingerprint density at radius 3 is 2.86 bits per heavy atom. The van der Waals surface area contributed by atoms with Crippen LogP contribution in [0, 0.1) is 13.8 Å². The molecule has 0 fully saturated rings. The SMILES string of the molecule is COc1c(C)cnc(CC(=O)CCCc2cccs2)c1C. The fourth-order valence-corrected chi connectivity index (χ4v) is 3.19. The quantitative estimate of drug-likeness (QED) is 0.778. The van der Waals surface area contributed by atoms with Crippen LogP contribution in [0.2, 0.25) is 0 Å². The van der Waals surface area contributed by atoms with Crippen molar-refractivity contribution >= 4 is 17.1 Å². The Hall–Kier alpha value is -1.68. The summed E-state index contributed by atoms with van der Waals surface area (Å²) in [6.07, 6.45) is 4.66. The highest BCUT2D eigenvalue weighted by molar-refractivity contribution is 7.09. The van der Waals surface area contributed by atoms with Crippen molar-refractivity contribution in [2.75, 3.05) is 7.11 Å². The van der Waals surface area contributed by atoms with Crippen LogP contribution in [0.1, 0.15) is 34.5 Å². The highest BCUT2D eigenvalue weighted by Gasteiger charge is 2.12. The molecule has 4 heteroatoms. The average Bonchev–Trinajstić information content (AvgIpc) is 2.96. The first-order chi connectivity index (χ1) is 10.1. The fraction of sp³-hybridized carbons (Fsp3) is 0.412. The summed E-state index contributed by atoms with van der Waals surface area (Å²) in [5.74, 6) is 1.08. The normalized spacial score (nSPS) is 10.6. The van der Waals surface area contributed by atoms with E-state index >= 15 is 0 Å². The highest BCUT2D eigenvalue weighted by atomic mass is 32.1. The first kappa shape index (κ1) is 15.7. The summed E-state index contributed by atoms with van der Waals surface area (Å²) in [6.45, 7) is 3.93. The number of hydrogen-bond acceptors (Lipinski definition) is 4. The zero-order valence-corrected chi connectivity index (χ0v) is 13.6. The number of methoxy groups -OCH3 is 1. The molecule has 0 amide bonds. The zero-order valence-electron chi connectivity index (χ0n) is 12.8. The van der Waals surface area contributed by atoms with Gasteiger partial charge in [-0.15, -0.1) is 11.3 Å². The minimum Gasteiger partial charge on any atom is -0.496 e. The van der Waals surface area contributed by atoms with E-state index in [1.165, 1.54) is 4.88 Å². The Labute approximate surface area is 130 Å². The van der Waals surface area contributed by atoms with Gasteiger partial charge < -0.3 is 4.74 Å². The molecule has 3 nitrogen and oxygen atoms in total. The summed E-state index contributed by atoms with van der Waals surface area (Å²) in [5.41, 5.74) is 2.81. The molecule has 0 aliphatic rings. The minimum atomic E-state index is 0.244. The van der Waals surface area contributed by atoms with E-state index in [1.807, 2.05) is 19.9 Å². The Kier molecular flexibility index (Phi) is 5.51. The molecule has 0 radical (unpaired) electrons. The van der Waals surface area contributed by atoms with E-state index in [4.69, 9.17) is 4.74 Å². The third-order valence-corrected chi connectivity index (χ3v) is 4.51. The second-order valence-corrected chi connectivity index (χ2v) is 6.23. The van der Waals surface area contributed by atoms with Crippen molar-refractivity contribution in [3.05, 3.63) is 45.4 Å². The predicted molar refractivity (Wildman–Crippen MR) is 86.2 cm³/mol. The molecule has 2 rings (SSSR count). The van der Waals surface area contributed by atoms with Crippen molar-refractivity contribution in [3.8, 4) is 5.75 Å². The van der Waals surface area contributed by atoms with Crippen molar-refractivity contribution in [1.82, 2.24) is 4.98 Å². The molecule has 2 heterocycles. The lowest BCUT2D eigenvalue weighted by atomic mass is 10.0. The summed E-state index contributed by atoms with van der Waals surface area (Å²) < 4.78 is 5.38. The largest absolute Gasteiger partial charge is 0.496 e. The van der Waals surface area contributed by atoms with Gasteiger partial charge in [0.2, 0.25) is 0 Å². The Bertz CT molecular complexity index is 606. The molecule has 0 spiro atoms. The van der Waals surface area contributed by atoms with Crippen LogP contribution in [0.4, 0.5) is 0 Å². The molecule has 0 unspecified atom stereocenters. The number of carbonyl (C=O) groups is 1. The number of ether oxygens (including phenoxy) is 1. The smallest absolute Gasteiger partial charge is 0.138 e. The number of ketones is 1. The molecule has 0 atom stereocenters. The highest BCUT2D eigenvalue weighted by Crippen LogP contribution is 2.24. The molecular weight excluding hydrogens is 282 g/mol. The molecule has 0 aromatic carbocycles. The van der Waals surface area contributed by atoms with Gasteiger partial charge in [0.15, 0.2) is 0 Å². The maximum atomic E-state index is 12.1. The van der Waals surface area contributed by atoms with Crippen molar-refractivity contribution < 1.29 is 9.53 Å². The summed E-state index contributed by atoms with van der Waals surface area (Å²) in [7, 11) is 1.65. The summed E-state index contributed by atoms with van der Waals surface area (Å²) in [6, 6.07) is 4.17. The molecule has 21 heavy (non-hydrogen) atoms. The van der Waals surface area contributed by atoms with Crippen LogP contribution >= 0.6 is 11.3 Å². The summed E-state index contributed by atoms with van der Waals surface area (Å²) in [4.78, 5) is 17.8. The third-order valence-electron chi connectivity index (χ3n) is 3.57. The van der Waals surface area contributed by atoms with Crippen LogP contribution in [0.15, 0.2) is 23.7 Å². The van der Waals surface area contributed by atoms with Gasteiger partial charge in [0.1, 0.15) is 11.5 Å². The second-order valence-electron chi connectivity index (χ2n) is 5.19. The van der Waals surface area contributed by atoms with E-state index < -0.39 is 0 Å². The lowest BCUT2D eigenvalue weighted by molar-refractivity contribution is -0.118. The van der Waals surface area contributed by atoms with Crippen LogP contribution in [0.5, 0.6) is 5.75 Å². The van der Waals surface area contributed by atoms with Crippen molar-refractivity contribution in [3.63, 3.8) is 0 Å². The number of aromatic nitrogens is 1. The van der Waals surface area contributed by atoms with Gasteiger partial charge in [-0.1, -0.05) is 6.07 Å². The number of nitrogens with zero attached hydrogens (tertiary/aromatic N) is 1. The number of carbonyl (C=O) groups excluding carboxylic acids is 1. The lowest BCUT2D eigenvalue weighted by Gasteiger charge is -2.11. The Morgan fingerprint density at radius 2 is 2.19 bits per heavy atom. The number of aryl methyl sites for hydroxylation is 2. The first-order valence-corrected chi connectivity index (χ1v) is 8.03. The number of pyridine rings is 1. The molecule has 0 aliphatic carbocycles. The van der Waals surface area contributed by atoms with Gasteiger partial charge in [0, 0.05) is 35.0 Å². The van der Waals surface area contributed by atoms with E-state index in [9.17, 15) is 4.79 Å². The second kappa shape index (κ2) is 7.36. The van der Waals surface area contributed by atoms with Gasteiger partial charge in [-0.3, -0.25) is 9.78 Å². The van der Waals surface area contributed by atoms with Gasteiger partial charge >= 0.3 is 0 Å². The third kappa shape index (κ3) is 4.14. The molecule has 0 bridgehead atoms. The molecular formula is C17H21NO2S. The average molecular weight is 303 g/mol. The van der Waals surface area contributed by atoms with Crippen LogP contribution in [-0.4, -0.2) is 17.9 Å². The van der Waals surface area contributed by atoms with Gasteiger partial charge in [0.25, 0.3) is 0 Å². The molecule has 2 aromatic heterocycles. The maximum absolute atomic E-state index is 12.1. The predicted octanol–water partition coefficient (Wildman–Crippen LogP) is 3.90. The molecule has 2 aromatic rings. The summed E-state index contributed by atoms with van der Waals surface area (Å²) in [5, 5.41) is 2.07. The maximum Gasteiger partial charge on any atom is 0.138 e. The van der Waals surface area contributed by atoms with Crippen LogP contribution in [0.3, 0.4) is 0 Å².